The average Bonchev–Trinajstić information content (AvgIpc) is 1.76. The van der Waals surface area contributed by atoms with Crippen LogP contribution >= 0.6 is 0 Å². The number of rotatable bonds is 0. The maximum Gasteiger partial charge on any atom is 0.264 e. The number of fused-ring (bicyclic) bond motifs is 16. The van der Waals surface area contributed by atoms with E-state index in [0.717, 1.165) is 87.6 Å². The van der Waals surface area contributed by atoms with Crippen molar-refractivity contribution in [3.63, 3.8) is 0 Å². The highest BCUT2D eigenvalue weighted by Crippen LogP contribution is 2.41. The Kier molecular flexibility index (Phi) is 18.7. The largest absolute Gasteiger partial charge is 0.268 e. The fraction of sp³-hybridized carbons (Fsp3) is 0.237. The molecule has 0 amide bonds. The monoisotopic (exact) mass is 1170 g/mol. The SMILES string of the molecule is CC.CC.CC.CC.CC.CC.CC.CC.O=c1c2cc3c(=O)n4c5cccc6cccc(nc-4c3cc2c2n1C1=CC=CC3C=CC=C(N=2)C13)c65.O=c1c2cc3c(cc2c2nc4cccc5cccc(c54)n12)c(=O)n1c2cccc4cccc(nc31)c42. The molecule has 2 unspecified atom stereocenters. The average molecular weight is 1170 g/mol. The molecule has 2 aliphatic carbocycles. The number of hydrogen-bond donors (Lipinski definition) is 0. The van der Waals surface area contributed by atoms with Crippen LogP contribution in [0.5, 0.6) is 0 Å². The van der Waals surface area contributed by atoms with Gasteiger partial charge in [0.25, 0.3) is 22.2 Å². The molecule has 5 aromatic heterocycles. The lowest BCUT2D eigenvalue weighted by Gasteiger charge is -2.32. The van der Waals surface area contributed by atoms with Crippen molar-refractivity contribution in [3.05, 3.63) is 223 Å². The second-order valence-corrected chi connectivity index (χ2v) is 19.2. The maximum absolute atomic E-state index is 13.8. The summed E-state index contributed by atoms with van der Waals surface area (Å²) in [5.74, 6) is 0.820. The molecule has 0 N–H and O–H groups in total. The first-order valence-electron chi connectivity index (χ1n) is 31.8. The molecule has 0 saturated heterocycles. The summed E-state index contributed by atoms with van der Waals surface area (Å²) in [6.07, 6.45) is 12.4. The van der Waals surface area contributed by atoms with E-state index in [4.69, 9.17) is 19.9 Å². The van der Waals surface area contributed by atoms with Gasteiger partial charge in [-0.1, -0.05) is 208 Å². The predicted octanol–water partition coefficient (Wildman–Crippen LogP) is 18.0. The Hall–Kier alpha value is -9.94. The van der Waals surface area contributed by atoms with Crippen molar-refractivity contribution in [2.45, 2.75) is 111 Å². The van der Waals surface area contributed by atoms with Crippen LogP contribution in [0.4, 0.5) is 0 Å². The molecule has 88 heavy (non-hydrogen) atoms. The summed E-state index contributed by atoms with van der Waals surface area (Å²) in [4.78, 5) is 74.7. The number of allylic oxidation sites excluding steroid dienone is 7. The first kappa shape index (κ1) is 62.6. The zero-order valence-electron chi connectivity index (χ0n) is 53.5. The third-order valence-corrected chi connectivity index (χ3v) is 15.6. The Labute approximate surface area is 511 Å². The van der Waals surface area contributed by atoms with E-state index < -0.39 is 0 Å². The van der Waals surface area contributed by atoms with Gasteiger partial charge in [-0.3, -0.25) is 37.1 Å². The summed E-state index contributed by atoms with van der Waals surface area (Å²) in [5, 5.41) is 10.9. The fourth-order valence-electron chi connectivity index (χ4n) is 12.5. The summed E-state index contributed by atoms with van der Waals surface area (Å²) in [6, 6.07) is 43.0. The first-order chi connectivity index (χ1) is 43.4. The Morgan fingerprint density at radius 1 is 0.364 bits per heavy atom. The fourth-order valence-corrected chi connectivity index (χ4v) is 12.5. The van der Waals surface area contributed by atoms with E-state index in [1.807, 2.05) is 262 Å². The van der Waals surface area contributed by atoms with Crippen molar-refractivity contribution in [2.75, 3.05) is 0 Å². The highest BCUT2D eigenvalue weighted by molar-refractivity contribution is 6.16. The molecule has 0 fully saturated rings. The van der Waals surface area contributed by atoms with Crippen LogP contribution < -0.4 is 27.7 Å². The summed E-state index contributed by atoms with van der Waals surface area (Å²) in [6.45, 7) is 32.0. The van der Waals surface area contributed by atoms with Gasteiger partial charge in [-0.2, -0.15) is 0 Å². The van der Waals surface area contributed by atoms with Crippen molar-refractivity contribution in [1.82, 2.24) is 32.9 Å². The smallest absolute Gasteiger partial charge is 0.264 e. The van der Waals surface area contributed by atoms with Gasteiger partial charge >= 0.3 is 0 Å². The van der Waals surface area contributed by atoms with Gasteiger partial charge in [-0.25, -0.2) is 19.9 Å². The van der Waals surface area contributed by atoms with E-state index in [1.165, 1.54) is 0 Å². The van der Waals surface area contributed by atoms with Gasteiger partial charge < -0.3 is 0 Å². The number of aromatic nitrogens is 7. The molecule has 0 saturated carbocycles. The highest BCUT2D eigenvalue weighted by Gasteiger charge is 2.36. The molecule has 13 aromatic rings. The van der Waals surface area contributed by atoms with E-state index in [0.29, 0.717) is 54.9 Å². The van der Waals surface area contributed by atoms with Crippen LogP contribution in [0.3, 0.4) is 0 Å². The standard InChI is InChI=1S/C30H14N4O2.C30H16N4O2.8C2H6/c35-29-19-14-18-20(30(36)34-24-12-4-8-16-6-2-10-22(26(16)24)32-28(18)34)13-17(19)27-31-21-9-1-5-15-7-3-11-23(25(15)21)33(27)29;35-29-19-14-20-18(28-32-22-10-2-6-16-8-4-12-24(26(16)22)34(28)30(20)36)13-17(19)27-31-21-9-1-5-15-7-3-11-23(25(15)21)33(27)29;8*1-2/h1-14H;1-15,25H;8*1-2H3. The van der Waals surface area contributed by atoms with E-state index in [2.05, 4.69) is 12.2 Å². The first-order valence-corrected chi connectivity index (χ1v) is 31.8. The molecule has 5 aliphatic rings. The van der Waals surface area contributed by atoms with Crippen LogP contribution in [0.1, 0.15) is 111 Å². The minimum absolute atomic E-state index is 0.0330. The van der Waals surface area contributed by atoms with Crippen molar-refractivity contribution >= 4 is 125 Å². The lowest BCUT2D eigenvalue weighted by atomic mass is 9.80. The van der Waals surface area contributed by atoms with Crippen LogP contribution in [0.25, 0.3) is 131 Å². The topological polar surface area (TPSA) is 138 Å². The summed E-state index contributed by atoms with van der Waals surface area (Å²) < 4.78 is 6.77. The molecule has 12 heteroatoms. The van der Waals surface area contributed by atoms with Gasteiger partial charge in [0.1, 0.15) is 22.6 Å². The molecule has 0 radical (unpaired) electrons. The van der Waals surface area contributed by atoms with Crippen LogP contribution in [-0.2, 0) is 0 Å². The van der Waals surface area contributed by atoms with Gasteiger partial charge in [-0.15, -0.1) is 0 Å². The molecule has 18 rings (SSSR count). The van der Waals surface area contributed by atoms with Crippen LogP contribution in [-0.4, -0.2) is 32.9 Å². The van der Waals surface area contributed by atoms with E-state index in [9.17, 15) is 19.2 Å². The molecule has 2 atom stereocenters. The van der Waals surface area contributed by atoms with Crippen molar-refractivity contribution in [3.8, 4) is 5.82 Å². The molecular formula is C76H78N8O4. The Morgan fingerprint density at radius 3 is 1.23 bits per heavy atom. The lowest BCUT2D eigenvalue weighted by molar-refractivity contribution is 0.580. The van der Waals surface area contributed by atoms with Gasteiger partial charge in [-0.05, 0) is 89.0 Å². The van der Waals surface area contributed by atoms with Gasteiger partial charge in [0.05, 0.1) is 66.3 Å². The predicted molar refractivity (Wildman–Crippen MR) is 376 cm³/mol. The summed E-state index contributed by atoms with van der Waals surface area (Å²) in [5.41, 5.74) is 8.03. The van der Waals surface area contributed by atoms with Crippen LogP contribution in [0.15, 0.2) is 200 Å². The quantitative estimate of drug-likeness (QED) is 0.147. The van der Waals surface area contributed by atoms with Crippen LogP contribution in [0, 0.1) is 11.8 Å². The zero-order valence-corrected chi connectivity index (χ0v) is 53.5. The number of nitrogens with zero attached hydrogens (tertiary/aromatic N) is 8. The van der Waals surface area contributed by atoms with Gasteiger partial charge in [0, 0.05) is 49.3 Å². The van der Waals surface area contributed by atoms with Crippen molar-refractivity contribution in [1.29, 1.82) is 0 Å². The number of benzene rings is 8. The van der Waals surface area contributed by atoms with Crippen LogP contribution in [0.2, 0.25) is 0 Å². The Bertz CT molecular complexity index is 5270. The molecule has 12 nitrogen and oxygen atoms in total. The van der Waals surface area contributed by atoms with E-state index in [-0.39, 0.29) is 34.1 Å². The van der Waals surface area contributed by atoms with E-state index >= 15 is 0 Å². The van der Waals surface area contributed by atoms with E-state index in [1.54, 1.807) is 24.0 Å². The van der Waals surface area contributed by atoms with Gasteiger partial charge in [0.15, 0.2) is 0 Å². The second-order valence-electron chi connectivity index (χ2n) is 19.2. The molecule has 0 spiro atoms. The Morgan fingerprint density at radius 2 is 0.739 bits per heavy atom. The molecule has 3 aliphatic heterocycles. The highest BCUT2D eigenvalue weighted by atomic mass is 16.1. The third kappa shape index (κ3) is 9.35. The minimum atomic E-state index is -0.159. The molecule has 8 aromatic carbocycles. The van der Waals surface area contributed by atoms with Gasteiger partial charge in [0.2, 0.25) is 0 Å². The number of hydrogen-bond acceptors (Lipinski definition) is 8. The summed E-state index contributed by atoms with van der Waals surface area (Å²) in [7, 11) is 0. The second kappa shape index (κ2) is 26.4. The zero-order chi connectivity index (χ0) is 63.4. The molecule has 446 valence electrons. The minimum Gasteiger partial charge on any atom is -0.268 e. The van der Waals surface area contributed by atoms with Crippen molar-refractivity contribution < 1.29 is 0 Å². The Balaban J connectivity index is 0.000000171. The molecular weight excluding hydrogens is 1090 g/mol. The summed E-state index contributed by atoms with van der Waals surface area (Å²) >= 11 is 0. The molecule has 0 bridgehead atoms. The third-order valence-electron chi connectivity index (χ3n) is 15.6. The maximum atomic E-state index is 13.8. The normalized spacial score (nSPS) is 14.0. The van der Waals surface area contributed by atoms with Crippen molar-refractivity contribution in [2.24, 2.45) is 16.8 Å². The molecule has 8 heterocycles. The lowest BCUT2D eigenvalue weighted by Crippen LogP contribution is -2.37.